The smallest absolute Gasteiger partial charge is 0.320 e. The number of ether oxygens (including phenoxy) is 1. The molecule has 134 valence electrons. The lowest BCUT2D eigenvalue weighted by Gasteiger charge is -2.11. The fourth-order valence-electron chi connectivity index (χ4n) is 2.27. The third kappa shape index (κ3) is 4.53. The molecule has 1 heterocycles. The van der Waals surface area contributed by atoms with Crippen molar-refractivity contribution in [3.05, 3.63) is 58.6 Å². The predicted molar refractivity (Wildman–Crippen MR) is 103 cm³/mol. The SMILES string of the molecule is CCC(Sc1nc2ccccc2o1)C(=O)OCC(=O)c1ccc(Br)cc1. The van der Waals surface area contributed by atoms with Crippen molar-refractivity contribution in [1.29, 1.82) is 0 Å². The highest BCUT2D eigenvalue weighted by Crippen LogP contribution is 2.28. The van der Waals surface area contributed by atoms with E-state index in [2.05, 4.69) is 20.9 Å². The standard InChI is InChI=1S/C19H16BrNO4S/c1-2-17(26-19-21-14-5-3-4-6-16(14)25-19)18(23)24-11-15(22)12-7-9-13(20)10-8-12/h3-10,17H,2,11H2,1H3. The van der Waals surface area contributed by atoms with Crippen molar-refractivity contribution in [2.24, 2.45) is 0 Å². The van der Waals surface area contributed by atoms with Crippen LogP contribution in [0.3, 0.4) is 0 Å². The Kier molecular flexibility index (Phi) is 6.11. The second-order valence-electron chi connectivity index (χ2n) is 5.50. The minimum atomic E-state index is -0.485. The van der Waals surface area contributed by atoms with E-state index in [1.54, 1.807) is 24.3 Å². The van der Waals surface area contributed by atoms with E-state index in [-0.39, 0.29) is 12.4 Å². The molecule has 3 aromatic rings. The third-order valence-electron chi connectivity index (χ3n) is 3.66. The molecule has 0 saturated heterocycles. The molecule has 0 spiro atoms. The maximum absolute atomic E-state index is 12.3. The van der Waals surface area contributed by atoms with E-state index in [0.717, 1.165) is 9.99 Å². The first kappa shape index (κ1) is 18.7. The van der Waals surface area contributed by atoms with Gasteiger partial charge in [0.2, 0.25) is 0 Å². The minimum absolute atomic E-state index is 0.243. The van der Waals surface area contributed by atoms with Crippen LogP contribution in [0.4, 0.5) is 0 Å². The molecule has 0 N–H and O–H groups in total. The molecule has 0 aliphatic heterocycles. The van der Waals surface area contributed by atoms with Crippen molar-refractivity contribution in [3.8, 4) is 0 Å². The van der Waals surface area contributed by atoms with E-state index >= 15 is 0 Å². The lowest BCUT2D eigenvalue weighted by atomic mass is 10.1. The number of nitrogens with zero attached hydrogens (tertiary/aromatic N) is 1. The normalized spacial score (nSPS) is 12.1. The summed E-state index contributed by atoms with van der Waals surface area (Å²) < 4.78 is 11.7. The Balaban J connectivity index is 1.59. The summed E-state index contributed by atoms with van der Waals surface area (Å²) >= 11 is 4.52. The van der Waals surface area contributed by atoms with Crippen LogP contribution in [0.25, 0.3) is 11.1 Å². The Hall–Kier alpha value is -2.12. The summed E-state index contributed by atoms with van der Waals surface area (Å²) in [7, 11) is 0. The molecule has 0 aliphatic rings. The van der Waals surface area contributed by atoms with Crippen LogP contribution >= 0.6 is 27.7 Å². The lowest BCUT2D eigenvalue weighted by Crippen LogP contribution is -2.23. The number of halogens is 1. The van der Waals surface area contributed by atoms with Crippen molar-refractivity contribution >= 4 is 50.5 Å². The van der Waals surface area contributed by atoms with E-state index in [1.807, 2.05) is 31.2 Å². The summed E-state index contributed by atoms with van der Waals surface area (Å²) in [5.41, 5.74) is 1.91. The van der Waals surface area contributed by atoms with Gasteiger partial charge >= 0.3 is 5.97 Å². The number of esters is 1. The Morgan fingerprint density at radius 3 is 2.62 bits per heavy atom. The number of fused-ring (bicyclic) bond motifs is 1. The van der Waals surface area contributed by atoms with Crippen molar-refractivity contribution in [2.75, 3.05) is 6.61 Å². The van der Waals surface area contributed by atoms with Crippen LogP contribution in [0, 0.1) is 0 Å². The van der Waals surface area contributed by atoms with Crippen molar-refractivity contribution in [3.63, 3.8) is 0 Å². The number of carbonyl (C=O) groups excluding carboxylic acids is 2. The number of benzene rings is 2. The summed E-state index contributed by atoms with van der Waals surface area (Å²) in [5, 5.41) is -0.0741. The topological polar surface area (TPSA) is 69.4 Å². The summed E-state index contributed by atoms with van der Waals surface area (Å²) in [4.78, 5) is 28.8. The van der Waals surface area contributed by atoms with Crippen LogP contribution in [0.5, 0.6) is 0 Å². The van der Waals surface area contributed by atoms with Crippen molar-refractivity contribution < 1.29 is 18.7 Å². The molecule has 1 aromatic heterocycles. The zero-order chi connectivity index (χ0) is 18.5. The van der Waals surface area contributed by atoms with Gasteiger partial charge in [0, 0.05) is 10.0 Å². The maximum Gasteiger partial charge on any atom is 0.320 e. The quantitative estimate of drug-likeness (QED) is 0.300. The first-order chi connectivity index (χ1) is 12.6. The van der Waals surface area contributed by atoms with Gasteiger partial charge in [0.1, 0.15) is 10.8 Å². The highest BCUT2D eigenvalue weighted by atomic mass is 79.9. The number of rotatable bonds is 7. The van der Waals surface area contributed by atoms with E-state index in [9.17, 15) is 9.59 Å². The number of Topliss-reactive ketones (excluding diaryl/α,β-unsaturated/α-hetero) is 1. The van der Waals surface area contributed by atoms with Crippen LogP contribution in [-0.4, -0.2) is 28.6 Å². The van der Waals surface area contributed by atoms with Gasteiger partial charge in [0.25, 0.3) is 5.22 Å². The highest BCUT2D eigenvalue weighted by Gasteiger charge is 2.23. The van der Waals surface area contributed by atoms with Crippen LogP contribution in [0.1, 0.15) is 23.7 Å². The van der Waals surface area contributed by atoms with Crippen molar-refractivity contribution in [1.82, 2.24) is 4.98 Å². The Labute approximate surface area is 163 Å². The van der Waals surface area contributed by atoms with Crippen LogP contribution < -0.4 is 0 Å². The number of para-hydroxylation sites is 2. The molecule has 26 heavy (non-hydrogen) atoms. The number of oxazole rings is 1. The predicted octanol–water partition coefficient (Wildman–Crippen LogP) is 4.89. The third-order valence-corrected chi connectivity index (χ3v) is 5.38. The number of carbonyl (C=O) groups is 2. The monoisotopic (exact) mass is 433 g/mol. The van der Waals surface area contributed by atoms with E-state index in [1.165, 1.54) is 11.8 Å². The second-order valence-corrected chi connectivity index (χ2v) is 7.57. The molecular formula is C19H16BrNO4S. The van der Waals surface area contributed by atoms with Gasteiger partial charge in [-0.25, -0.2) is 4.98 Å². The summed E-state index contributed by atoms with van der Waals surface area (Å²) in [6.07, 6.45) is 0.536. The molecule has 1 unspecified atom stereocenters. The molecule has 7 heteroatoms. The molecule has 0 saturated carbocycles. The van der Waals surface area contributed by atoms with Gasteiger partial charge < -0.3 is 9.15 Å². The first-order valence-corrected chi connectivity index (χ1v) is 9.71. The number of thioether (sulfide) groups is 1. The van der Waals surface area contributed by atoms with E-state index in [4.69, 9.17) is 9.15 Å². The molecular weight excluding hydrogens is 418 g/mol. The fourth-order valence-corrected chi connectivity index (χ4v) is 3.40. The Morgan fingerprint density at radius 1 is 1.19 bits per heavy atom. The molecule has 0 radical (unpaired) electrons. The van der Waals surface area contributed by atoms with Crippen LogP contribution in [0.15, 0.2) is 62.6 Å². The number of hydrogen-bond acceptors (Lipinski definition) is 6. The van der Waals surface area contributed by atoms with E-state index in [0.29, 0.717) is 22.8 Å². The average molecular weight is 434 g/mol. The highest BCUT2D eigenvalue weighted by molar-refractivity contribution is 9.10. The molecule has 0 bridgehead atoms. The van der Waals surface area contributed by atoms with E-state index < -0.39 is 11.2 Å². The molecule has 0 amide bonds. The lowest BCUT2D eigenvalue weighted by molar-refractivity contribution is -0.141. The molecule has 2 aromatic carbocycles. The van der Waals surface area contributed by atoms with Crippen molar-refractivity contribution in [2.45, 2.75) is 23.8 Å². The molecule has 1 atom stereocenters. The Morgan fingerprint density at radius 2 is 1.92 bits per heavy atom. The Bertz CT molecular complexity index is 890. The maximum atomic E-state index is 12.3. The molecule has 5 nitrogen and oxygen atoms in total. The second kappa shape index (κ2) is 8.51. The van der Waals surface area contributed by atoms with Crippen LogP contribution in [-0.2, 0) is 9.53 Å². The van der Waals surface area contributed by atoms with Crippen LogP contribution in [0.2, 0.25) is 0 Å². The molecule has 3 rings (SSSR count). The summed E-state index contributed by atoms with van der Waals surface area (Å²) in [6, 6.07) is 14.3. The fraction of sp³-hybridized carbons (Fsp3) is 0.211. The first-order valence-electron chi connectivity index (χ1n) is 8.04. The van der Waals surface area contributed by atoms with Gasteiger partial charge in [0.15, 0.2) is 18.0 Å². The van der Waals surface area contributed by atoms with Gasteiger partial charge in [-0.1, -0.05) is 58.9 Å². The van der Waals surface area contributed by atoms with Gasteiger partial charge in [-0.3, -0.25) is 9.59 Å². The van der Waals surface area contributed by atoms with Gasteiger partial charge in [-0.15, -0.1) is 0 Å². The summed E-state index contributed by atoms with van der Waals surface area (Å²) in [6.45, 7) is 1.59. The van der Waals surface area contributed by atoms with Gasteiger partial charge in [-0.05, 0) is 30.7 Å². The number of hydrogen-bond donors (Lipinski definition) is 0. The molecule has 0 fully saturated rings. The zero-order valence-electron chi connectivity index (χ0n) is 14.0. The largest absolute Gasteiger partial charge is 0.456 e. The minimum Gasteiger partial charge on any atom is -0.456 e. The molecule has 0 aliphatic carbocycles. The average Bonchev–Trinajstić information content (AvgIpc) is 3.07. The number of aromatic nitrogens is 1. The zero-order valence-corrected chi connectivity index (χ0v) is 16.4. The summed E-state index contributed by atoms with van der Waals surface area (Å²) in [5.74, 6) is -0.696. The number of ketones is 1. The van der Waals surface area contributed by atoms with Gasteiger partial charge in [0.05, 0.1) is 0 Å². The van der Waals surface area contributed by atoms with Gasteiger partial charge in [-0.2, -0.15) is 0 Å².